The molecule has 0 unspecified atom stereocenters. The smallest absolute Gasteiger partial charge is 0.264 e. The first kappa shape index (κ1) is 26.1. The number of halogens is 2. The van der Waals surface area contributed by atoms with E-state index >= 15 is 0 Å². The molecule has 0 spiro atoms. The van der Waals surface area contributed by atoms with Gasteiger partial charge in [-0.2, -0.15) is 0 Å². The van der Waals surface area contributed by atoms with Crippen LogP contribution in [0.5, 0.6) is 0 Å². The molecule has 0 aliphatic carbocycles. The number of pyridine rings is 1. The molecule has 1 aromatic heterocycles. The quantitative estimate of drug-likeness (QED) is 0.434. The summed E-state index contributed by atoms with van der Waals surface area (Å²) < 4.78 is 36.1. The van der Waals surface area contributed by atoms with Gasteiger partial charge >= 0.3 is 0 Å². The van der Waals surface area contributed by atoms with Crippen molar-refractivity contribution in [2.24, 2.45) is 17.8 Å². The van der Waals surface area contributed by atoms with E-state index in [9.17, 15) is 13.6 Å². The van der Waals surface area contributed by atoms with E-state index in [2.05, 4.69) is 22.0 Å². The van der Waals surface area contributed by atoms with Gasteiger partial charge in [-0.15, -0.1) is 0 Å². The fraction of sp³-hybridized carbons (Fsp3) is 0.400. The molecule has 2 aliphatic heterocycles. The second-order valence-corrected chi connectivity index (χ2v) is 10.2. The van der Waals surface area contributed by atoms with Gasteiger partial charge in [-0.1, -0.05) is 0 Å². The number of nitrogens with two attached hydrogens (primary N) is 1. The molecule has 3 aromatic rings. The predicted octanol–water partition coefficient (Wildman–Crippen LogP) is 5.76. The van der Waals surface area contributed by atoms with Crippen LogP contribution in [0.15, 0.2) is 46.3 Å². The van der Waals surface area contributed by atoms with Crippen LogP contribution >= 0.6 is 0 Å². The molecule has 0 bridgehead atoms. The molecule has 0 saturated carbocycles. The van der Waals surface area contributed by atoms with E-state index in [-0.39, 0.29) is 11.1 Å². The number of fused-ring (bicyclic) bond motifs is 2. The van der Waals surface area contributed by atoms with Gasteiger partial charge in [0.1, 0.15) is 0 Å². The Kier molecular flexibility index (Phi) is 7.34. The third-order valence-electron chi connectivity index (χ3n) is 7.87. The van der Waals surface area contributed by atoms with Crippen LogP contribution < -0.4 is 16.2 Å². The van der Waals surface area contributed by atoms with Crippen molar-refractivity contribution < 1.29 is 13.5 Å². The molecule has 1 saturated heterocycles. The Hall–Kier alpha value is -3.52. The molecule has 0 radical (unpaired) electrons. The van der Waals surface area contributed by atoms with Gasteiger partial charge in [0.25, 0.3) is 12.0 Å². The van der Waals surface area contributed by atoms with E-state index in [4.69, 9.17) is 10.5 Å². The molecule has 0 atom stereocenters. The number of hydrogen-bond donors (Lipinski definition) is 1. The number of allylic oxidation sites excluding steroid dienone is 1. The van der Waals surface area contributed by atoms with Gasteiger partial charge in [0.15, 0.2) is 0 Å². The van der Waals surface area contributed by atoms with Gasteiger partial charge < -0.3 is 19.9 Å². The van der Waals surface area contributed by atoms with Gasteiger partial charge in [-0.05, 0) is 85.5 Å². The van der Waals surface area contributed by atoms with Crippen molar-refractivity contribution in [1.82, 2.24) is 4.57 Å². The third kappa shape index (κ3) is 4.62. The number of rotatable bonds is 5. The molecule has 38 heavy (non-hydrogen) atoms. The highest BCUT2D eigenvalue weighted by atomic mass is 19.3. The lowest BCUT2D eigenvalue weighted by atomic mass is 9.88. The topological polar surface area (TPSA) is 72.8 Å². The average Bonchev–Trinajstić information content (AvgIpc) is 2.93. The summed E-state index contributed by atoms with van der Waals surface area (Å²) in [7, 11) is 3.40. The van der Waals surface area contributed by atoms with Crippen molar-refractivity contribution in [3.05, 3.63) is 74.7 Å². The third-order valence-corrected chi connectivity index (χ3v) is 7.87. The number of anilines is 2. The van der Waals surface area contributed by atoms with Crippen molar-refractivity contribution in [2.45, 2.75) is 45.0 Å². The fourth-order valence-corrected chi connectivity index (χ4v) is 5.88. The second-order valence-electron chi connectivity index (χ2n) is 10.2. The largest absolute Gasteiger partial charge is 0.404 e. The van der Waals surface area contributed by atoms with Crippen molar-refractivity contribution in [1.29, 1.82) is 0 Å². The first-order valence-electron chi connectivity index (χ1n) is 13.1. The molecule has 8 heteroatoms. The molecular formula is C30H34F2N4O2. The summed E-state index contributed by atoms with van der Waals surface area (Å²) in [6, 6.07) is 9.71. The summed E-state index contributed by atoms with van der Waals surface area (Å²) in [6.07, 6.45) is 3.64. The first-order chi connectivity index (χ1) is 18.3. The summed E-state index contributed by atoms with van der Waals surface area (Å²) in [5, 5.41) is 0.941. The highest BCUT2D eigenvalue weighted by Gasteiger charge is 2.27. The molecular weight excluding hydrogens is 486 g/mol. The van der Waals surface area contributed by atoms with Gasteiger partial charge in [0, 0.05) is 74.0 Å². The van der Waals surface area contributed by atoms with E-state index in [0.717, 1.165) is 59.1 Å². The monoisotopic (exact) mass is 520 g/mol. The summed E-state index contributed by atoms with van der Waals surface area (Å²) in [6.45, 7) is 3.92. The maximum atomic E-state index is 14.4. The van der Waals surface area contributed by atoms with E-state index in [1.807, 2.05) is 19.1 Å². The van der Waals surface area contributed by atoms with Crippen LogP contribution in [0.25, 0.3) is 16.5 Å². The van der Waals surface area contributed by atoms with Crippen LogP contribution in [-0.2, 0) is 18.2 Å². The van der Waals surface area contributed by atoms with Gasteiger partial charge in [0.2, 0.25) is 0 Å². The number of alkyl halides is 2. The van der Waals surface area contributed by atoms with Crippen LogP contribution in [-0.4, -0.2) is 37.6 Å². The second kappa shape index (κ2) is 10.7. The molecule has 1 fully saturated rings. The molecule has 0 amide bonds. The lowest BCUT2D eigenvalue weighted by molar-refractivity contribution is 0.0853. The fourth-order valence-electron chi connectivity index (χ4n) is 5.88. The highest BCUT2D eigenvalue weighted by Crippen LogP contribution is 2.43. The van der Waals surface area contributed by atoms with Gasteiger partial charge in [-0.25, -0.2) is 8.78 Å². The first-order valence-corrected chi connectivity index (χ1v) is 13.1. The van der Waals surface area contributed by atoms with Crippen LogP contribution in [0, 0.1) is 6.92 Å². The Morgan fingerprint density at radius 1 is 1.16 bits per heavy atom. The summed E-state index contributed by atoms with van der Waals surface area (Å²) in [5.74, 6) is 0.317. The van der Waals surface area contributed by atoms with E-state index < -0.39 is 6.43 Å². The zero-order chi connectivity index (χ0) is 27.0. The number of aliphatic imine (C=N–C) groups is 1. The molecule has 5 rings (SSSR count). The minimum Gasteiger partial charge on any atom is -0.404 e. The van der Waals surface area contributed by atoms with Gasteiger partial charge in [-0.3, -0.25) is 9.79 Å². The van der Waals surface area contributed by atoms with E-state index in [1.54, 1.807) is 24.7 Å². The zero-order valence-corrected chi connectivity index (χ0v) is 22.1. The Labute approximate surface area is 221 Å². The number of nitrogens with zero attached hydrogens (tertiary/aromatic N) is 3. The molecule has 3 heterocycles. The summed E-state index contributed by atoms with van der Waals surface area (Å²) in [5.41, 5.74) is 11.9. The van der Waals surface area contributed by atoms with Crippen LogP contribution in [0.2, 0.25) is 0 Å². The number of hydrogen-bond acceptors (Lipinski definition) is 5. The lowest BCUT2D eigenvalue weighted by Gasteiger charge is -2.34. The summed E-state index contributed by atoms with van der Waals surface area (Å²) in [4.78, 5) is 19.0. The standard InChI is InChI=1S/C30H34F2N4O2/c1-18-11-25-27(35(3)30(18)37)13-21(19-6-9-38-10-7-19)14-28(25)36-8-4-5-20-12-23(22(16-33)17-34-2)24(29(31)32)15-26(20)36/h11-17,19,29H,4-10,33H2,1-3H3/b22-16+,34-17?. The molecule has 6 nitrogen and oxygen atoms in total. The van der Waals surface area contributed by atoms with Crippen LogP contribution in [0.1, 0.15) is 59.4 Å². The molecule has 200 valence electrons. The number of benzene rings is 2. The molecule has 2 aliphatic rings. The van der Waals surface area contributed by atoms with Crippen LogP contribution in [0.4, 0.5) is 20.2 Å². The summed E-state index contributed by atoms with van der Waals surface area (Å²) >= 11 is 0. The number of ether oxygens (including phenoxy) is 1. The van der Waals surface area contributed by atoms with Crippen molar-refractivity contribution in [3.63, 3.8) is 0 Å². The Balaban J connectivity index is 1.75. The maximum Gasteiger partial charge on any atom is 0.264 e. The van der Waals surface area contributed by atoms with E-state index in [0.29, 0.717) is 42.4 Å². The Morgan fingerprint density at radius 2 is 1.92 bits per heavy atom. The molecule has 2 aromatic carbocycles. The predicted molar refractivity (Wildman–Crippen MR) is 150 cm³/mol. The van der Waals surface area contributed by atoms with E-state index in [1.165, 1.54) is 12.4 Å². The maximum absolute atomic E-state index is 14.4. The Bertz CT molecular complexity index is 1490. The minimum atomic E-state index is -2.67. The normalized spacial score (nSPS) is 17.1. The van der Waals surface area contributed by atoms with Crippen molar-refractivity contribution in [2.75, 3.05) is 31.7 Å². The van der Waals surface area contributed by atoms with Gasteiger partial charge in [0.05, 0.1) is 11.2 Å². The zero-order valence-electron chi connectivity index (χ0n) is 22.1. The highest BCUT2D eigenvalue weighted by molar-refractivity contribution is 6.10. The SMILES string of the molecule is CN=C/C(=C\N)c1cc2c(cc1C(F)F)N(c1cc(C3CCOCC3)cc3c1cc(C)c(=O)n3C)CCC2. The van der Waals surface area contributed by atoms with Crippen molar-refractivity contribution >= 4 is 34.1 Å². The number of aryl methyl sites for hydroxylation is 3. The minimum absolute atomic E-state index is 0.0325. The van der Waals surface area contributed by atoms with Crippen LogP contribution in [0.3, 0.4) is 0 Å². The molecule has 2 N–H and O–H groups in total. The van der Waals surface area contributed by atoms with Crippen molar-refractivity contribution in [3.8, 4) is 0 Å². The average molecular weight is 521 g/mol. The Morgan fingerprint density at radius 3 is 2.61 bits per heavy atom. The number of aromatic nitrogens is 1. The lowest BCUT2D eigenvalue weighted by Crippen LogP contribution is -2.27.